The van der Waals surface area contributed by atoms with E-state index in [4.69, 9.17) is 23.2 Å². The first-order chi connectivity index (χ1) is 10.2. The molecule has 1 fully saturated rings. The van der Waals surface area contributed by atoms with Crippen molar-refractivity contribution >= 4 is 39.1 Å². The lowest BCUT2D eigenvalue weighted by Crippen LogP contribution is -2.46. The number of carbonyl (C=O) groups excluding carboxylic acids is 1. The highest BCUT2D eigenvalue weighted by molar-refractivity contribution is 7.89. The van der Waals surface area contributed by atoms with Gasteiger partial charge in [0.05, 0.1) is 10.0 Å². The summed E-state index contributed by atoms with van der Waals surface area (Å²) in [5.74, 6) is -0.0146. The average Bonchev–Trinajstić information content (AvgIpc) is 2.49. The van der Waals surface area contributed by atoms with Crippen LogP contribution in [0.4, 0.5) is 0 Å². The zero-order valence-electron chi connectivity index (χ0n) is 12.4. The molecular formula is C14H18Cl2N2O3S. The molecule has 1 aliphatic heterocycles. The number of hydrogen-bond donors (Lipinski definition) is 0. The Hall–Kier alpha value is -0.820. The van der Waals surface area contributed by atoms with Crippen LogP contribution in [0.1, 0.15) is 19.8 Å². The van der Waals surface area contributed by atoms with Crippen molar-refractivity contribution in [1.82, 2.24) is 9.21 Å². The van der Waals surface area contributed by atoms with Crippen molar-refractivity contribution in [3.05, 3.63) is 28.2 Å². The Kier molecular flexibility index (Phi) is 5.37. The molecule has 22 heavy (non-hydrogen) atoms. The van der Waals surface area contributed by atoms with Crippen LogP contribution in [-0.4, -0.2) is 49.7 Å². The van der Waals surface area contributed by atoms with E-state index in [-0.39, 0.29) is 26.9 Å². The second-order valence-corrected chi connectivity index (χ2v) is 8.01. The molecule has 0 unspecified atom stereocenters. The van der Waals surface area contributed by atoms with Crippen molar-refractivity contribution in [1.29, 1.82) is 0 Å². The fraction of sp³-hybridized carbons (Fsp3) is 0.500. The maximum absolute atomic E-state index is 12.7. The van der Waals surface area contributed by atoms with E-state index >= 15 is 0 Å². The molecule has 1 saturated heterocycles. The molecule has 0 saturated carbocycles. The van der Waals surface area contributed by atoms with E-state index in [1.54, 1.807) is 24.1 Å². The number of carbonyl (C=O) groups is 1. The van der Waals surface area contributed by atoms with Gasteiger partial charge in [0.15, 0.2) is 0 Å². The fourth-order valence-electron chi connectivity index (χ4n) is 2.55. The zero-order chi connectivity index (χ0) is 16.5. The van der Waals surface area contributed by atoms with Crippen molar-refractivity contribution in [2.45, 2.75) is 30.7 Å². The minimum Gasteiger partial charge on any atom is -0.343 e. The number of sulfonamides is 1. The number of amides is 1. The van der Waals surface area contributed by atoms with Gasteiger partial charge < -0.3 is 4.90 Å². The van der Waals surface area contributed by atoms with Gasteiger partial charge in [0, 0.05) is 33.1 Å². The maximum Gasteiger partial charge on any atom is 0.244 e. The summed E-state index contributed by atoms with van der Waals surface area (Å²) in [5, 5.41) is 0.265. The minimum atomic E-state index is -3.67. The van der Waals surface area contributed by atoms with Crippen molar-refractivity contribution < 1.29 is 13.2 Å². The first kappa shape index (κ1) is 17.5. The Morgan fingerprint density at radius 2 is 1.86 bits per heavy atom. The van der Waals surface area contributed by atoms with Crippen molar-refractivity contribution in [3.63, 3.8) is 0 Å². The van der Waals surface area contributed by atoms with Crippen LogP contribution >= 0.6 is 23.2 Å². The van der Waals surface area contributed by atoms with E-state index in [0.29, 0.717) is 25.9 Å². The molecule has 1 amide bonds. The monoisotopic (exact) mass is 364 g/mol. The van der Waals surface area contributed by atoms with Gasteiger partial charge >= 0.3 is 0 Å². The quantitative estimate of drug-likeness (QED) is 0.828. The minimum absolute atomic E-state index is 0.0146. The van der Waals surface area contributed by atoms with Crippen LogP contribution in [0.5, 0.6) is 0 Å². The zero-order valence-corrected chi connectivity index (χ0v) is 14.7. The normalized spacial score (nSPS) is 17.5. The van der Waals surface area contributed by atoms with E-state index in [2.05, 4.69) is 0 Å². The molecule has 0 atom stereocenters. The summed E-state index contributed by atoms with van der Waals surface area (Å²) in [6.45, 7) is 2.22. The highest BCUT2D eigenvalue weighted by Gasteiger charge is 2.32. The van der Waals surface area contributed by atoms with E-state index in [0.717, 1.165) is 0 Å². The Labute approximate surface area is 140 Å². The molecule has 0 aliphatic carbocycles. The molecule has 8 heteroatoms. The number of halogens is 2. The SMILES string of the molecule is CC(=O)N(C)C1CCN(S(=O)(=O)c2cccc(Cl)c2Cl)CC1. The lowest BCUT2D eigenvalue weighted by molar-refractivity contribution is -0.130. The number of rotatable bonds is 3. The highest BCUT2D eigenvalue weighted by Crippen LogP contribution is 2.32. The first-order valence-electron chi connectivity index (χ1n) is 6.92. The summed E-state index contributed by atoms with van der Waals surface area (Å²) >= 11 is 11.9. The van der Waals surface area contributed by atoms with Gasteiger partial charge in [-0.25, -0.2) is 8.42 Å². The van der Waals surface area contributed by atoms with Crippen LogP contribution in [0, 0.1) is 0 Å². The predicted octanol–water partition coefficient (Wildman–Crippen LogP) is 2.62. The Bertz CT molecular complexity index is 671. The molecule has 1 aromatic carbocycles. The second kappa shape index (κ2) is 6.74. The average molecular weight is 365 g/mol. The topological polar surface area (TPSA) is 57.7 Å². The third-order valence-electron chi connectivity index (χ3n) is 4.00. The van der Waals surface area contributed by atoms with Gasteiger partial charge in [-0.15, -0.1) is 0 Å². The van der Waals surface area contributed by atoms with E-state index < -0.39 is 10.0 Å². The number of piperidine rings is 1. The van der Waals surface area contributed by atoms with Crippen LogP contribution < -0.4 is 0 Å². The van der Waals surface area contributed by atoms with E-state index in [1.165, 1.54) is 17.3 Å². The van der Waals surface area contributed by atoms with Gasteiger partial charge in [0.25, 0.3) is 0 Å². The van der Waals surface area contributed by atoms with Gasteiger partial charge in [0.2, 0.25) is 15.9 Å². The molecule has 0 bridgehead atoms. The largest absolute Gasteiger partial charge is 0.343 e. The predicted molar refractivity (Wildman–Crippen MR) is 86.7 cm³/mol. The molecular weight excluding hydrogens is 347 g/mol. The van der Waals surface area contributed by atoms with Gasteiger partial charge in [0.1, 0.15) is 4.90 Å². The van der Waals surface area contributed by atoms with Gasteiger partial charge in [-0.05, 0) is 25.0 Å². The fourth-order valence-corrected chi connectivity index (χ4v) is 4.75. The summed E-state index contributed by atoms with van der Waals surface area (Å²) in [6.07, 6.45) is 1.21. The molecule has 1 heterocycles. The highest BCUT2D eigenvalue weighted by atomic mass is 35.5. The summed E-state index contributed by atoms with van der Waals surface area (Å²) in [4.78, 5) is 13.1. The third kappa shape index (κ3) is 3.40. The summed E-state index contributed by atoms with van der Waals surface area (Å²) in [7, 11) is -1.93. The van der Waals surface area contributed by atoms with E-state index in [9.17, 15) is 13.2 Å². The second-order valence-electron chi connectivity index (χ2n) is 5.32. The van der Waals surface area contributed by atoms with Gasteiger partial charge in [-0.1, -0.05) is 29.3 Å². The summed E-state index contributed by atoms with van der Waals surface area (Å²) in [6, 6.07) is 4.64. The Balaban J connectivity index is 2.16. The Morgan fingerprint density at radius 3 is 2.41 bits per heavy atom. The molecule has 1 aliphatic rings. The molecule has 0 radical (unpaired) electrons. The number of benzene rings is 1. The molecule has 0 N–H and O–H groups in total. The standard InChI is InChI=1S/C14H18Cl2N2O3S/c1-10(19)17(2)11-6-8-18(9-7-11)22(20,21)13-5-3-4-12(15)14(13)16/h3-5,11H,6-9H2,1-2H3. The van der Waals surface area contributed by atoms with Gasteiger partial charge in [-0.3, -0.25) is 4.79 Å². The molecule has 5 nitrogen and oxygen atoms in total. The van der Waals surface area contributed by atoms with Crippen LogP contribution in [0.15, 0.2) is 23.1 Å². The van der Waals surface area contributed by atoms with E-state index in [1.807, 2.05) is 0 Å². The summed E-state index contributed by atoms with van der Waals surface area (Å²) in [5.41, 5.74) is 0. The molecule has 0 aromatic heterocycles. The van der Waals surface area contributed by atoms with Gasteiger partial charge in [-0.2, -0.15) is 4.31 Å². The molecule has 1 aromatic rings. The Morgan fingerprint density at radius 1 is 1.27 bits per heavy atom. The van der Waals surface area contributed by atoms with Crippen LogP contribution in [-0.2, 0) is 14.8 Å². The van der Waals surface area contributed by atoms with Crippen LogP contribution in [0.2, 0.25) is 10.0 Å². The smallest absolute Gasteiger partial charge is 0.244 e. The molecule has 122 valence electrons. The first-order valence-corrected chi connectivity index (χ1v) is 9.12. The third-order valence-corrected chi connectivity index (χ3v) is 6.87. The van der Waals surface area contributed by atoms with Crippen LogP contribution in [0.25, 0.3) is 0 Å². The lowest BCUT2D eigenvalue weighted by atomic mass is 10.1. The molecule has 0 spiro atoms. The van der Waals surface area contributed by atoms with Crippen molar-refractivity contribution in [2.75, 3.05) is 20.1 Å². The number of hydrogen-bond acceptors (Lipinski definition) is 3. The van der Waals surface area contributed by atoms with Crippen molar-refractivity contribution in [2.24, 2.45) is 0 Å². The molecule has 2 rings (SSSR count). The number of nitrogens with zero attached hydrogens (tertiary/aromatic N) is 2. The van der Waals surface area contributed by atoms with Crippen LogP contribution in [0.3, 0.4) is 0 Å². The maximum atomic E-state index is 12.7. The van der Waals surface area contributed by atoms with Crippen molar-refractivity contribution in [3.8, 4) is 0 Å². The lowest BCUT2D eigenvalue weighted by Gasteiger charge is -2.35. The summed E-state index contributed by atoms with van der Waals surface area (Å²) < 4.78 is 26.7.